The van der Waals surface area contributed by atoms with Crippen LogP contribution in [0.5, 0.6) is 5.75 Å². The fourth-order valence-corrected chi connectivity index (χ4v) is 3.32. The van der Waals surface area contributed by atoms with Crippen LogP contribution in [-0.2, 0) is 0 Å². The first-order chi connectivity index (χ1) is 9.95. The van der Waals surface area contributed by atoms with E-state index in [1.165, 1.54) is 22.3 Å². The van der Waals surface area contributed by atoms with Crippen molar-refractivity contribution in [1.29, 1.82) is 0 Å². The Bertz CT molecular complexity index is 694. The molecule has 0 radical (unpaired) electrons. The van der Waals surface area contributed by atoms with Gasteiger partial charge in [0.25, 0.3) is 0 Å². The lowest BCUT2D eigenvalue weighted by Crippen LogP contribution is -2.20. The molecule has 0 aromatic heterocycles. The van der Waals surface area contributed by atoms with Gasteiger partial charge in [0.2, 0.25) is 0 Å². The standard InChI is InChI=1S/C18H19BrO2/c1-10-6-12(3)14(7-11(10)2)18-9-16(20)15-8-13(19)4-5-17(15)21-18/h4-8,16,18,20H,9H2,1-3H3/t16-,18?/m0/s1. The minimum absolute atomic E-state index is 0.0898. The third-order valence-electron chi connectivity index (χ3n) is 4.27. The largest absolute Gasteiger partial charge is 0.485 e. The Morgan fingerprint density at radius 2 is 1.71 bits per heavy atom. The number of fused-ring (bicyclic) bond motifs is 1. The van der Waals surface area contributed by atoms with E-state index in [2.05, 4.69) is 48.8 Å². The lowest BCUT2D eigenvalue weighted by molar-refractivity contribution is 0.0653. The monoisotopic (exact) mass is 346 g/mol. The Morgan fingerprint density at radius 3 is 2.48 bits per heavy atom. The van der Waals surface area contributed by atoms with Gasteiger partial charge in [0.1, 0.15) is 11.9 Å². The average molecular weight is 347 g/mol. The predicted octanol–water partition coefficient (Wildman–Crippen LogP) is 4.93. The Hall–Kier alpha value is -1.32. The zero-order chi connectivity index (χ0) is 15.1. The molecule has 1 aliphatic rings. The minimum atomic E-state index is -0.489. The second-order valence-corrected chi connectivity index (χ2v) is 6.75. The molecule has 2 atom stereocenters. The first-order valence-electron chi connectivity index (χ1n) is 7.17. The maximum absolute atomic E-state index is 10.4. The van der Waals surface area contributed by atoms with Crippen LogP contribution in [0, 0.1) is 20.8 Å². The summed E-state index contributed by atoms with van der Waals surface area (Å²) in [6.07, 6.45) is 0.0116. The first kappa shape index (κ1) is 14.6. The third kappa shape index (κ3) is 2.72. The van der Waals surface area contributed by atoms with Crippen molar-refractivity contribution in [3.63, 3.8) is 0 Å². The summed E-state index contributed by atoms with van der Waals surface area (Å²) in [5, 5.41) is 10.4. The molecule has 3 heteroatoms. The highest BCUT2D eigenvalue weighted by atomic mass is 79.9. The molecule has 1 N–H and O–H groups in total. The summed E-state index contributed by atoms with van der Waals surface area (Å²) in [6.45, 7) is 6.34. The highest BCUT2D eigenvalue weighted by molar-refractivity contribution is 9.10. The highest BCUT2D eigenvalue weighted by Gasteiger charge is 2.29. The summed E-state index contributed by atoms with van der Waals surface area (Å²) in [5.74, 6) is 0.777. The molecule has 21 heavy (non-hydrogen) atoms. The molecule has 0 amide bonds. The topological polar surface area (TPSA) is 29.5 Å². The number of hydrogen-bond acceptors (Lipinski definition) is 2. The summed E-state index contributed by atoms with van der Waals surface area (Å²) >= 11 is 3.44. The molecule has 1 heterocycles. The lowest BCUT2D eigenvalue weighted by atomic mass is 9.91. The van der Waals surface area contributed by atoms with Gasteiger partial charge in [-0.3, -0.25) is 0 Å². The van der Waals surface area contributed by atoms with Crippen molar-refractivity contribution < 1.29 is 9.84 Å². The van der Waals surface area contributed by atoms with Crippen molar-refractivity contribution in [1.82, 2.24) is 0 Å². The van der Waals surface area contributed by atoms with E-state index in [0.717, 1.165) is 15.8 Å². The molecular formula is C18H19BrO2. The van der Waals surface area contributed by atoms with Crippen molar-refractivity contribution in [3.05, 3.63) is 62.6 Å². The van der Waals surface area contributed by atoms with E-state index in [9.17, 15) is 5.11 Å². The Morgan fingerprint density at radius 1 is 1.00 bits per heavy atom. The molecule has 0 saturated carbocycles. The lowest BCUT2D eigenvalue weighted by Gasteiger charge is -2.31. The highest BCUT2D eigenvalue weighted by Crippen LogP contribution is 2.42. The molecule has 0 aliphatic carbocycles. The predicted molar refractivity (Wildman–Crippen MR) is 87.7 cm³/mol. The Balaban J connectivity index is 1.99. The third-order valence-corrected chi connectivity index (χ3v) is 4.76. The Kier molecular flexibility index (Phi) is 3.80. The molecule has 1 aliphatic heterocycles. The number of halogens is 1. The summed E-state index contributed by atoms with van der Waals surface area (Å²) in [6, 6.07) is 10.2. The van der Waals surface area contributed by atoms with Gasteiger partial charge in [-0.2, -0.15) is 0 Å². The molecule has 110 valence electrons. The van der Waals surface area contributed by atoms with E-state index >= 15 is 0 Å². The normalized spacial score (nSPS) is 20.8. The van der Waals surface area contributed by atoms with Crippen LogP contribution in [0.4, 0.5) is 0 Å². The summed E-state index contributed by atoms with van der Waals surface area (Å²) < 4.78 is 7.10. The van der Waals surface area contributed by atoms with Crippen LogP contribution in [0.1, 0.15) is 46.4 Å². The van der Waals surface area contributed by atoms with Gasteiger partial charge in [0.05, 0.1) is 6.10 Å². The van der Waals surface area contributed by atoms with Crippen LogP contribution in [-0.4, -0.2) is 5.11 Å². The van der Waals surface area contributed by atoms with Gasteiger partial charge in [-0.25, -0.2) is 0 Å². The number of aliphatic hydroxyl groups excluding tert-OH is 1. The molecule has 2 aromatic carbocycles. The molecule has 0 saturated heterocycles. The summed E-state index contributed by atoms with van der Waals surface area (Å²) in [7, 11) is 0. The molecule has 0 bridgehead atoms. The van der Waals surface area contributed by atoms with Crippen LogP contribution in [0.3, 0.4) is 0 Å². The van der Waals surface area contributed by atoms with Crippen LogP contribution in [0.25, 0.3) is 0 Å². The zero-order valence-electron chi connectivity index (χ0n) is 12.5. The number of aliphatic hydroxyl groups is 1. The van der Waals surface area contributed by atoms with Gasteiger partial charge in [0, 0.05) is 16.5 Å². The maximum Gasteiger partial charge on any atom is 0.127 e. The molecule has 2 nitrogen and oxygen atoms in total. The van der Waals surface area contributed by atoms with Crippen LogP contribution in [0.2, 0.25) is 0 Å². The van der Waals surface area contributed by atoms with E-state index in [1.54, 1.807) is 0 Å². The zero-order valence-corrected chi connectivity index (χ0v) is 14.1. The van der Waals surface area contributed by atoms with Gasteiger partial charge in [0.15, 0.2) is 0 Å². The number of hydrogen-bond donors (Lipinski definition) is 1. The van der Waals surface area contributed by atoms with Gasteiger partial charge in [-0.1, -0.05) is 28.1 Å². The molecule has 2 aromatic rings. The second kappa shape index (κ2) is 5.47. The average Bonchev–Trinajstić information content (AvgIpc) is 2.43. The SMILES string of the molecule is Cc1cc(C)c(C2C[C@H](O)c3cc(Br)ccc3O2)cc1C. The van der Waals surface area contributed by atoms with Gasteiger partial charge in [-0.15, -0.1) is 0 Å². The molecule has 0 spiro atoms. The molecule has 3 rings (SSSR count). The fraction of sp³-hybridized carbons (Fsp3) is 0.333. The van der Waals surface area contributed by atoms with Crippen LogP contribution < -0.4 is 4.74 Å². The van der Waals surface area contributed by atoms with Crippen molar-refractivity contribution in [2.24, 2.45) is 0 Å². The molecule has 0 fully saturated rings. The van der Waals surface area contributed by atoms with E-state index < -0.39 is 6.10 Å². The van der Waals surface area contributed by atoms with Gasteiger partial charge in [-0.05, 0) is 61.2 Å². The number of aryl methyl sites for hydroxylation is 3. The van der Waals surface area contributed by atoms with E-state index in [4.69, 9.17) is 4.74 Å². The molecular weight excluding hydrogens is 328 g/mol. The number of rotatable bonds is 1. The van der Waals surface area contributed by atoms with Crippen molar-refractivity contribution in [2.45, 2.75) is 39.4 Å². The van der Waals surface area contributed by atoms with Crippen molar-refractivity contribution in [3.8, 4) is 5.75 Å². The molecule has 1 unspecified atom stereocenters. The van der Waals surface area contributed by atoms with E-state index in [0.29, 0.717) is 6.42 Å². The number of benzene rings is 2. The first-order valence-corrected chi connectivity index (χ1v) is 7.97. The van der Waals surface area contributed by atoms with Crippen LogP contribution in [0.15, 0.2) is 34.8 Å². The second-order valence-electron chi connectivity index (χ2n) is 5.83. The smallest absolute Gasteiger partial charge is 0.127 e. The Labute approximate surface area is 133 Å². The van der Waals surface area contributed by atoms with E-state index in [-0.39, 0.29) is 6.10 Å². The quantitative estimate of drug-likeness (QED) is 0.792. The van der Waals surface area contributed by atoms with Crippen molar-refractivity contribution in [2.75, 3.05) is 0 Å². The fourth-order valence-electron chi connectivity index (χ4n) is 2.94. The number of ether oxygens (including phenoxy) is 1. The van der Waals surface area contributed by atoms with E-state index in [1.807, 2.05) is 18.2 Å². The van der Waals surface area contributed by atoms with Crippen LogP contribution >= 0.6 is 15.9 Å². The van der Waals surface area contributed by atoms with Gasteiger partial charge >= 0.3 is 0 Å². The van der Waals surface area contributed by atoms with Gasteiger partial charge < -0.3 is 9.84 Å². The summed E-state index contributed by atoms with van der Waals surface area (Å²) in [4.78, 5) is 0. The van der Waals surface area contributed by atoms with Crippen molar-refractivity contribution >= 4 is 15.9 Å². The maximum atomic E-state index is 10.4. The minimum Gasteiger partial charge on any atom is -0.485 e. The summed E-state index contributed by atoms with van der Waals surface area (Å²) in [5.41, 5.74) is 5.80.